The summed E-state index contributed by atoms with van der Waals surface area (Å²) in [7, 11) is 2.09. The number of hydrogen-bond acceptors (Lipinski definition) is 3. The van der Waals surface area contributed by atoms with Crippen molar-refractivity contribution in [2.24, 2.45) is 22.7 Å². The van der Waals surface area contributed by atoms with Gasteiger partial charge in [-0.05, 0) is 80.5 Å². The molecule has 158 valence electrons. The molecule has 4 saturated carbocycles. The Morgan fingerprint density at radius 3 is 2.21 bits per heavy atom. The van der Waals surface area contributed by atoms with E-state index in [9.17, 15) is 4.79 Å². The van der Waals surface area contributed by atoms with E-state index in [4.69, 9.17) is 16.6 Å². The predicted molar refractivity (Wildman–Crippen MR) is 124 cm³/mol. The molecule has 1 aliphatic heterocycles. The second-order valence-corrected chi connectivity index (χ2v) is 10.7. The van der Waals surface area contributed by atoms with E-state index in [1.165, 1.54) is 38.5 Å². The Kier molecular flexibility index (Phi) is 5.86. The van der Waals surface area contributed by atoms with Crippen LogP contribution in [0.3, 0.4) is 0 Å². The molecule has 0 N–H and O–H groups in total. The van der Waals surface area contributed by atoms with Crippen molar-refractivity contribution in [1.82, 2.24) is 4.90 Å². The van der Waals surface area contributed by atoms with Crippen LogP contribution in [-0.4, -0.2) is 40.5 Å². The Labute approximate surface area is 188 Å². The molecule has 1 aromatic rings. The summed E-state index contributed by atoms with van der Waals surface area (Å²) >= 11 is 7.85. The second kappa shape index (κ2) is 7.97. The molecule has 0 aromatic heterocycles. The van der Waals surface area contributed by atoms with E-state index in [2.05, 4.69) is 11.9 Å². The zero-order chi connectivity index (χ0) is 19.5. The minimum Gasteiger partial charge on any atom is -0.333 e. The average molecular weight is 454 g/mol. The third kappa shape index (κ3) is 3.90. The summed E-state index contributed by atoms with van der Waals surface area (Å²) in [5.74, 6) is 3.59. The monoisotopic (exact) mass is 453 g/mol. The molecule has 29 heavy (non-hydrogen) atoms. The first-order chi connectivity index (χ1) is 13.4. The van der Waals surface area contributed by atoms with Gasteiger partial charge in [-0.25, -0.2) is 0 Å². The number of amides is 1. The van der Waals surface area contributed by atoms with E-state index in [0.717, 1.165) is 34.4 Å². The maximum absolute atomic E-state index is 12.5. The van der Waals surface area contributed by atoms with Gasteiger partial charge in [-0.15, -0.1) is 12.4 Å². The molecule has 0 spiro atoms. The van der Waals surface area contributed by atoms with Gasteiger partial charge in [0, 0.05) is 30.4 Å². The number of halogens is 2. The van der Waals surface area contributed by atoms with E-state index in [1.807, 2.05) is 40.9 Å². The highest BCUT2D eigenvalue weighted by Crippen LogP contribution is 2.57. The third-order valence-electron chi connectivity index (χ3n) is 7.19. The number of carbonyl (C=O) groups excluding carboxylic acids is 1. The van der Waals surface area contributed by atoms with Gasteiger partial charge in [0.2, 0.25) is 5.91 Å². The number of amidine groups is 1. The van der Waals surface area contributed by atoms with E-state index < -0.39 is 0 Å². The number of aliphatic imine (C=N–C) groups is 1. The van der Waals surface area contributed by atoms with Crippen molar-refractivity contribution in [3.05, 3.63) is 29.3 Å². The molecule has 1 unspecified atom stereocenters. The molecule has 6 rings (SSSR count). The number of hydrogen-bond donors (Lipinski definition) is 0. The molecular formula is C22H29Cl2N3OS. The van der Waals surface area contributed by atoms with Crippen LogP contribution in [-0.2, 0) is 4.79 Å². The van der Waals surface area contributed by atoms with Gasteiger partial charge in [0.15, 0.2) is 5.17 Å². The Hall–Kier alpha value is -0.910. The topological polar surface area (TPSA) is 35.9 Å². The van der Waals surface area contributed by atoms with Gasteiger partial charge in [0.05, 0.1) is 5.54 Å². The Morgan fingerprint density at radius 2 is 1.69 bits per heavy atom. The number of benzene rings is 1. The first kappa shape index (κ1) is 21.3. The third-order valence-corrected chi connectivity index (χ3v) is 8.55. The number of anilines is 1. The lowest BCUT2D eigenvalue weighted by molar-refractivity contribution is -0.117. The molecule has 5 aliphatic rings. The fraction of sp³-hybridized carbons (Fsp3) is 0.636. The molecule has 1 amide bonds. The van der Waals surface area contributed by atoms with E-state index in [0.29, 0.717) is 5.02 Å². The highest BCUT2D eigenvalue weighted by atomic mass is 35.5. The van der Waals surface area contributed by atoms with Gasteiger partial charge in [-0.1, -0.05) is 23.4 Å². The summed E-state index contributed by atoms with van der Waals surface area (Å²) < 4.78 is 0. The smallest absolute Gasteiger partial charge is 0.225 e. The fourth-order valence-corrected chi connectivity index (χ4v) is 7.80. The van der Waals surface area contributed by atoms with Crippen LogP contribution in [0.4, 0.5) is 5.69 Å². The Balaban J connectivity index is 0.00000205. The van der Waals surface area contributed by atoms with Crippen molar-refractivity contribution in [3.8, 4) is 0 Å². The Bertz CT molecular complexity index is 777. The molecule has 4 nitrogen and oxygen atoms in total. The number of rotatable bonds is 3. The van der Waals surface area contributed by atoms with E-state index in [1.54, 1.807) is 6.92 Å². The van der Waals surface area contributed by atoms with Gasteiger partial charge < -0.3 is 4.90 Å². The lowest BCUT2D eigenvalue weighted by Gasteiger charge is -2.55. The molecule has 0 radical (unpaired) electrons. The molecule has 4 bridgehead atoms. The van der Waals surface area contributed by atoms with Crippen molar-refractivity contribution in [1.29, 1.82) is 0 Å². The number of carbonyl (C=O) groups is 1. The van der Waals surface area contributed by atoms with Crippen LogP contribution >= 0.6 is 35.8 Å². The standard InChI is InChI=1S/C22H28ClN3OS.ClH/c1-14(27)26(19-5-3-18(23)4-6-19)20-13-28-21(25(20)2)24-22-10-15-7-16(11-22)9-17(8-15)12-22;/h3-6,15-17,20H,7-13H2,1-2H3;1H. The second-order valence-electron chi connectivity index (χ2n) is 9.30. The minimum atomic E-state index is -0.00339. The van der Waals surface area contributed by atoms with Gasteiger partial charge >= 0.3 is 0 Å². The van der Waals surface area contributed by atoms with Crippen molar-refractivity contribution in [2.45, 2.75) is 57.2 Å². The van der Waals surface area contributed by atoms with Gasteiger partial charge in [-0.3, -0.25) is 14.7 Å². The quantitative estimate of drug-likeness (QED) is 0.610. The van der Waals surface area contributed by atoms with Gasteiger partial charge in [-0.2, -0.15) is 0 Å². The summed E-state index contributed by atoms with van der Waals surface area (Å²) in [5.41, 5.74) is 1.06. The van der Waals surface area contributed by atoms with Crippen molar-refractivity contribution >= 4 is 52.5 Å². The van der Waals surface area contributed by atoms with Crippen LogP contribution in [0.25, 0.3) is 0 Å². The molecular weight excluding hydrogens is 425 g/mol. The SMILES string of the molecule is CC(=O)N(c1ccc(Cl)cc1)C1CSC(=NC23CC4CC(CC(C4)C2)C3)N1C.Cl. The first-order valence-corrected chi connectivity index (χ1v) is 11.8. The minimum absolute atomic E-state index is 0. The summed E-state index contributed by atoms with van der Waals surface area (Å²) in [4.78, 5) is 22.0. The van der Waals surface area contributed by atoms with Crippen LogP contribution < -0.4 is 4.90 Å². The molecule has 1 atom stereocenters. The largest absolute Gasteiger partial charge is 0.333 e. The van der Waals surface area contributed by atoms with Crippen molar-refractivity contribution in [2.75, 3.05) is 17.7 Å². The molecule has 7 heteroatoms. The fourth-order valence-electron chi connectivity index (χ4n) is 6.42. The highest BCUT2D eigenvalue weighted by molar-refractivity contribution is 8.14. The summed E-state index contributed by atoms with van der Waals surface area (Å²) in [6, 6.07) is 7.55. The molecule has 1 aromatic carbocycles. The molecule has 5 fully saturated rings. The summed E-state index contributed by atoms with van der Waals surface area (Å²) in [6.07, 6.45) is 8.12. The zero-order valence-electron chi connectivity index (χ0n) is 17.0. The Morgan fingerprint density at radius 1 is 1.14 bits per heavy atom. The average Bonchev–Trinajstić information content (AvgIpc) is 2.95. The predicted octanol–water partition coefficient (Wildman–Crippen LogP) is 5.44. The van der Waals surface area contributed by atoms with Crippen LogP contribution in [0.5, 0.6) is 0 Å². The van der Waals surface area contributed by atoms with E-state index in [-0.39, 0.29) is 30.0 Å². The maximum atomic E-state index is 12.5. The highest BCUT2D eigenvalue weighted by Gasteiger charge is 2.51. The van der Waals surface area contributed by atoms with Crippen molar-refractivity contribution in [3.63, 3.8) is 0 Å². The maximum Gasteiger partial charge on any atom is 0.225 e. The number of nitrogens with zero attached hydrogens (tertiary/aromatic N) is 3. The van der Waals surface area contributed by atoms with Crippen molar-refractivity contribution < 1.29 is 4.79 Å². The summed E-state index contributed by atoms with van der Waals surface area (Å²) in [5, 5.41) is 1.80. The van der Waals surface area contributed by atoms with E-state index >= 15 is 0 Å². The summed E-state index contributed by atoms with van der Waals surface area (Å²) in [6.45, 7) is 1.64. The zero-order valence-corrected chi connectivity index (χ0v) is 19.4. The lowest BCUT2D eigenvalue weighted by Crippen LogP contribution is -2.51. The van der Waals surface area contributed by atoms with Crippen LogP contribution in [0.2, 0.25) is 5.02 Å². The normalized spacial score (nSPS) is 36.4. The van der Waals surface area contributed by atoms with Gasteiger partial charge in [0.25, 0.3) is 0 Å². The molecule has 1 heterocycles. The number of thioether (sulfide) groups is 1. The lowest BCUT2D eigenvalue weighted by atomic mass is 9.53. The van der Waals surface area contributed by atoms with Crippen LogP contribution in [0.15, 0.2) is 29.3 Å². The molecule has 4 aliphatic carbocycles. The van der Waals surface area contributed by atoms with Crippen LogP contribution in [0, 0.1) is 17.8 Å². The van der Waals surface area contributed by atoms with Gasteiger partial charge in [0.1, 0.15) is 6.17 Å². The first-order valence-electron chi connectivity index (χ1n) is 10.4. The van der Waals surface area contributed by atoms with Crippen LogP contribution in [0.1, 0.15) is 45.4 Å². The molecule has 1 saturated heterocycles.